The summed E-state index contributed by atoms with van der Waals surface area (Å²) in [5.74, 6) is 0.617. The number of rotatable bonds is 1. The molecule has 0 atom stereocenters. The Balaban J connectivity index is 2.04. The summed E-state index contributed by atoms with van der Waals surface area (Å²) in [6.07, 6.45) is 3.73. The first kappa shape index (κ1) is 11.0. The maximum atomic E-state index is 8.18. The topological polar surface area (TPSA) is 30.3 Å². The van der Waals surface area contributed by atoms with E-state index in [1.165, 1.54) is 19.3 Å². The molecular weight excluding hydrogens is 198 g/mol. The number of hydrogen-bond acceptors (Lipinski definition) is 1. The van der Waals surface area contributed by atoms with Gasteiger partial charge in [-0.15, -0.1) is 0 Å². The van der Waals surface area contributed by atoms with Crippen molar-refractivity contribution in [1.82, 2.24) is 4.90 Å². The molecule has 0 aliphatic carbocycles. The highest BCUT2D eigenvalue weighted by atomic mass is 15.3. The van der Waals surface area contributed by atoms with Gasteiger partial charge in [0.2, 0.25) is 0 Å². The normalized spacial score (nSPS) is 15.9. The van der Waals surface area contributed by atoms with E-state index in [2.05, 4.69) is 4.90 Å². The fourth-order valence-corrected chi connectivity index (χ4v) is 2.09. The molecule has 16 heavy (non-hydrogen) atoms. The second-order valence-electron chi connectivity index (χ2n) is 4.27. The van der Waals surface area contributed by atoms with Gasteiger partial charge in [0.25, 0.3) is 0 Å². The Labute approximate surface area is 97.2 Å². The van der Waals surface area contributed by atoms with Crippen molar-refractivity contribution in [2.45, 2.75) is 19.3 Å². The van der Waals surface area contributed by atoms with Crippen LogP contribution in [0.15, 0.2) is 30.3 Å². The van der Waals surface area contributed by atoms with E-state index < -0.39 is 0 Å². The molecule has 86 valence electrons. The van der Waals surface area contributed by atoms with Crippen LogP contribution in [-0.2, 0) is 0 Å². The van der Waals surface area contributed by atoms with E-state index in [9.17, 15) is 0 Å². The summed E-state index contributed by atoms with van der Waals surface area (Å²) >= 11 is 0. The van der Waals surface area contributed by atoms with Crippen LogP contribution < -0.4 is 4.90 Å². The van der Waals surface area contributed by atoms with Crippen molar-refractivity contribution in [2.24, 2.45) is 0 Å². The first-order valence-electron chi connectivity index (χ1n) is 5.91. The van der Waals surface area contributed by atoms with Crippen molar-refractivity contribution in [3.8, 4) is 0 Å². The van der Waals surface area contributed by atoms with Gasteiger partial charge in [-0.3, -0.25) is 5.41 Å². The van der Waals surface area contributed by atoms with E-state index in [-0.39, 0.29) is 0 Å². The third-order valence-corrected chi connectivity index (χ3v) is 3.12. The summed E-state index contributed by atoms with van der Waals surface area (Å²) < 4.78 is 0. The van der Waals surface area contributed by atoms with Gasteiger partial charge in [-0.2, -0.15) is 0 Å². The van der Waals surface area contributed by atoms with Crippen molar-refractivity contribution >= 4 is 11.6 Å². The summed E-state index contributed by atoms with van der Waals surface area (Å²) in [6, 6.07) is 10.1. The van der Waals surface area contributed by atoms with Gasteiger partial charge in [-0.25, -0.2) is 0 Å². The van der Waals surface area contributed by atoms with Gasteiger partial charge < -0.3 is 9.80 Å². The number of guanidine groups is 1. The second kappa shape index (κ2) is 5.01. The van der Waals surface area contributed by atoms with Gasteiger partial charge in [0.05, 0.1) is 0 Å². The summed E-state index contributed by atoms with van der Waals surface area (Å²) in [5, 5.41) is 8.18. The number of likely N-dealkylation sites (tertiary alicyclic amines) is 1. The zero-order chi connectivity index (χ0) is 11.4. The molecule has 1 aromatic rings. The molecular formula is C13H19N3. The van der Waals surface area contributed by atoms with Crippen molar-refractivity contribution in [3.63, 3.8) is 0 Å². The van der Waals surface area contributed by atoms with Gasteiger partial charge in [-0.05, 0) is 31.4 Å². The minimum absolute atomic E-state index is 0.617. The van der Waals surface area contributed by atoms with E-state index in [1.54, 1.807) is 0 Å². The largest absolute Gasteiger partial charge is 0.343 e. The van der Waals surface area contributed by atoms with Crippen LogP contribution in [0.3, 0.4) is 0 Å². The van der Waals surface area contributed by atoms with Crippen LogP contribution in [0.5, 0.6) is 0 Å². The predicted octanol–water partition coefficient (Wildman–Crippen LogP) is 2.54. The highest BCUT2D eigenvalue weighted by Crippen LogP contribution is 2.15. The average molecular weight is 217 g/mol. The van der Waals surface area contributed by atoms with Crippen LogP contribution >= 0.6 is 0 Å². The van der Waals surface area contributed by atoms with Crippen LogP contribution in [0.25, 0.3) is 0 Å². The zero-order valence-electron chi connectivity index (χ0n) is 9.82. The Morgan fingerprint density at radius 3 is 2.38 bits per heavy atom. The smallest absolute Gasteiger partial charge is 0.198 e. The van der Waals surface area contributed by atoms with Gasteiger partial charge in [-0.1, -0.05) is 18.2 Å². The van der Waals surface area contributed by atoms with Gasteiger partial charge in [0.1, 0.15) is 0 Å². The number of piperidine rings is 1. The highest BCUT2D eigenvalue weighted by molar-refractivity contribution is 5.93. The molecule has 0 bridgehead atoms. The van der Waals surface area contributed by atoms with Crippen LogP contribution in [0, 0.1) is 5.41 Å². The molecule has 1 aliphatic heterocycles. The maximum Gasteiger partial charge on any atom is 0.198 e. The molecule has 3 nitrogen and oxygen atoms in total. The molecule has 0 unspecified atom stereocenters. The van der Waals surface area contributed by atoms with Gasteiger partial charge in [0.15, 0.2) is 5.96 Å². The number of benzene rings is 1. The van der Waals surface area contributed by atoms with Crippen LogP contribution in [0.4, 0.5) is 5.69 Å². The zero-order valence-corrected chi connectivity index (χ0v) is 9.82. The Morgan fingerprint density at radius 1 is 1.12 bits per heavy atom. The minimum Gasteiger partial charge on any atom is -0.343 e. The SMILES string of the molecule is CN(C(=N)N1CCCCC1)c1ccccc1. The predicted molar refractivity (Wildman–Crippen MR) is 68.0 cm³/mol. The van der Waals surface area contributed by atoms with Crippen LogP contribution in [0.2, 0.25) is 0 Å². The third-order valence-electron chi connectivity index (χ3n) is 3.12. The van der Waals surface area contributed by atoms with Crippen molar-refractivity contribution in [1.29, 1.82) is 5.41 Å². The first-order valence-corrected chi connectivity index (χ1v) is 5.91. The molecule has 0 radical (unpaired) electrons. The number of nitrogens with one attached hydrogen (secondary N) is 1. The quantitative estimate of drug-likeness (QED) is 0.579. The average Bonchev–Trinajstić information content (AvgIpc) is 2.39. The molecule has 1 N–H and O–H groups in total. The standard InChI is InChI=1S/C13H19N3/c1-15(12-8-4-2-5-9-12)13(14)16-10-6-3-7-11-16/h2,4-5,8-9,14H,3,6-7,10-11H2,1H3. The highest BCUT2D eigenvalue weighted by Gasteiger charge is 2.17. The lowest BCUT2D eigenvalue weighted by Gasteiger charge is -2.33. The molecule has 0 spiro atoms. The molecule has 2 rings (SSSR count). The van der Waals surface area contributed by atoms with Gasteiger partial charge >= 0.3 is 0 Å². The molecule has 0 aromatic heterocycles. The molecule has 1 aliphatic rings. The Hall–Kier alpha value is -1.51. The van der Waals surface area contributed by atoms with E-state index in [4.69, 9.17) is 5.41 Å². The van der Waals surface area contributed by atoms with E-state index >= 15 is 0 Å². The lowest BCUT2D eigenvalue weighted by atomic mass is 10.1. The minimum atomic E-state index is 0.617. The van der Waals surface area contributed by atoms with Crippen molar-refractivity contribution < 1.29 is 0 Å². The number of anilines is 1. The Bertz CT molecular complexity index is 341. The van der Waals surface area contributed by atoms with Gasteiger partial charge in [0, 0.05) is 25.8 Å². The third kappa shape index (κ3) is 2.35. The fraction of sp³-hybridized carbons (Fsp3) is 0.462. The fourth-order valence-electron chi connectivity index (χ4n) is 2.09. The summed E-state index contributed by atoms with van der Waals surface area (Å²) in [5.41, 5.74) is 1.08. The number of para-hydroxylation sites is 1. The lowest BCUT2D eigenvalue weighted by Crippen LogP contribution is -2.44. The molecule has 0 amide bonds. The van der Waals surface area contributed by atoms with Crippen LogP contribution in [-0.4, -0.2) is 31.0 Å². The molecule has 3 heteroatoms. The summed E-state index contributed by atoms with van der Waals surface area (Å²) in [6.45, 7) is 2.05. The molecule has 1 heterocycles. The second-order valence-corrected chi connectivity index (χ2v) is 4.27. The molecule has 1 aromatic carbocycles. The van der Waals surface area contributed by atoms with E-state index in [0.29, 0.717) is 5.96 Å². The Kier molecular flexibility index (Phi) is 3.44. The van der Waals surface area contributed by atoms with E-state index in [1.807, 2.05) is 42.3 Å². The molecule has 1 saturated heterocycles. The number of nitrogens with zero attached hydrogens (tertiary/aromatic N) is 2. The lowest BCUT2D eigenvalue weighted by molar-refractivity contribution is 0.336. The monoisotopic (exact) mass is 217 g/mol. The first-order chi connectivity index (χ1) is 7.79. The summed E-state index contributed by atoms with van der Waals surface area (Å²) in [7, 11) is 1.96. The molecule has 1 fully saturated rings. The van der Waals surface area contributed by atoms with Crippen LogP contribution in [0.1, 0.15) is 19.3 Å². The van der Waals surface area contributed by atoms with Crippen molar-refractivity contribution in [3.05, 3.63) is 30.3 Å². The Morgan fingerprint density at radius 2 is 1.75 bits per heavy atom. The van der Waals surface area contributed by atoms with Crippen molar-refractivity contribution in [2.75, 3.05) is 25.0 Å². The summed E-state index contributed by atoms with van der Waals surface area (Å²) in [4.78, 5) is 4.11. The maximum absolute atomic E-state index is 8.18. The van der Waals surface area contributed by atoms with E-state index in [0.717, 1.165) is 18.8 Å². The molecule has 0 saturated carbocycles. The number of hydrogen-bond donors (Lipinski definition) is 1.